The summed E-state index contributed by atoms with van der Waals surface area (Å²) in [7, 11) is 0. The lowest BCUT2D eigenvalue weighted by molar-refractivity contribution is -0.172. The average Bonchev–Trinajstić information content (AvgIpc) is 2.28. The molecule has 0 aromatic heterocycles. The molecule has 0 aliphatic carbocycles. The van der Waals surface area contributed by atoms with Gasteiger partial charge < -0.3 is 9.47 Å². The Morgan fingerprint density at radius 1 is 1.11 bits per heavy atom. The van der Waals surface area contributed by atoms with E-state index in [4.69, 9.17) is 9.47 Å². The minimum atomic E-state index is -1.02. The van der Waals surface area contributed by atoms with Crippen LogP contribution >= 0.6 is 0 Å². The van der Waals surface area contributed by atoms with Gasteiger partial charge in [-0.25, -0.2) is 0 Å². The van der Waals surface area contributed by atoms with Crippen molar-refractivity contribution in [3.8, 4) is 0 Å². The molecule has 0 aliphatic heterocycles. The molecule has 0 saturated heterocycles. The van der Waals surface area contributed by atoms with E-state index >= 15 is 0 Å². The second-order valence-corrected chi connectivity index (χ2v) is 4.94. The van der Waals surface area contributed by atoms with E-state index in [1.807, 2.05) is 13.8 Å². The molecule has 0 aliphatic rings. The van der Waals surface area contributed by atoms with Gasteiger partial charge in [-0.3, -0.25) is 14.9 Å². The molecule has 1 N–H and O–H groups in total. The van der Waals surface area contributed by atoms with Gasteiger partial charge in [0.25, 0.3) is 5.91 Å². The largest absolute Gasteiger partial charge is 0.345 e. The third-order valence-corrected chi connectivity index (χ3v) is 3.12. The van der Waals surface area contributed by atoms with E-state index in [-0.39, 0.29) is 11.8 Å². The van der Waals surface area contributed by atoms with E-state index in [0.29, 0.717) is 13.2 Å². The van der Waals surface area contributed by atoms with Crippen molar-refractivity contribution >= 4 is 11.8 Å². The number of hydrogen-bond acceptors (Lipinski definition) is 4. The van der Waals surface area contributed by atoms with Crippen molar-refractivity contribution < 1.29 is 19.1 Å². The Morgan fingerprint density at radius 2 is 1.56 bits per heavy atom. The number of carbonyl (C=O) groups is 2. The van der Waals surface area contributed by atoms with Crippen molar-refractivity contribution in [3.05, 3.63) is 0 Å². The molecule has 18 heavy (non-hydrogen) atoms. The van der Waals surface area contributed by atoms with Crippen molar-refractivity contribution in [3.63, 3.8) is 0 Å². The Hall–Kier alpha value is -0.940. The normalized spacial score (nSPS) is 12.0. The maximum absolute atomic E-state index is 12.0. The number of hydrogen-bond donors (Lipinski definition) is 1. The number of rotatable bonds is 7. The molecule has 5 heteroatoms. The van der Waals surface area contributed by atoms with Gasteiger partial charge in [-0.2, -0.15) is 0 Å². The molecule has 106 valence electrons. The lowest BCUT2D eigenvalue weighted by Crippen LogP contribution is -2.48. The SMILES string of the molecule is CCOC(OCC)C(=O)NC(=O)C(C)(C)C(C)C. The first-order chi connectivity index (χ1) is 8.27. The zero-order valence-electron chi connectivity index (χ0n) is 12.2. The molecule has 0 aromatic carbocycles. The molecular weight excluding hydrogens is 234 g/mol. The molecule has 0 fully saturated rings. The molecule has 0 bridgehead atoms. The molecule has 0 unspecified atom stereocenters. The highest BCUT2D eigenvalue weighted by atomic mass is 16.7. The smallest absolute Gasteiger partial charge is 0.283 e. The van der Waals surface area contributed by atoms with E-state index in [2.05, 4.69) is 5.32 Å². The van der Waals surface area contributed by atoms with Crippen LogP contribution in [0.4, 0.5) is 0 Å². The fraction of sp³-hybridized carbons (Fsp3) is 0.846. The highest BCUT2D eigenvalue weighted by Crippen LogP contribution is 2.25. The molecule has 2 amide bonds. The van der Waals surface area contributed by atoms with Crippen LogP contribution in [-0.4, -0.2) is 31.3 Å². The van der Waals surface area contributed by atoms with Gasteiger partial charge in [0.2, 0.25) is 12.2 Å². The van der Waals surface area contributed by atoms with Gasteiger partial charge in [-0.15, -0.1) is 0 Å². The Kier molecular flexibility index (Phi) is 7.09. The minimum Gasteiger partial charge on any atom is -0.345 e. The maximum atomic E-state index is 12.0. The summed E-state index contributed by atoms with van der Waals surface area (Å²) in [5.74, 6) is -0.729. The Morgan fingerprint density at radius 3 is 1.89 bits per heavy atom. The summed E-state index contributed by atoms with van der Waals surface area (Å²) >= 11 is 0. The highest BCUT2D eigenvalue weighted by Gasteiger charge is 2.34. The summed E-state index contributed by atoms with van der Waals surface area (Å²) in [4.78, 5) is 23.8. The van der Waals surface area contributed by atoms with Gasteiger partial charge in [-0.05, 0) is 19.8 Å². The molecular formula is C13H25NO4. The molecule has 0 spiro atoms. The van der Waals surface area contributed by atoms with Gasteiger partial charge in [0.1, 0.15) is 0 Å². The fourth-order valence-electron chi connectivity index (χ4n) is 1.10. The topological polar surface area (TPSA) is 64.6 Å². The van der Waals surface area contributed by atoms with E-state index in [1.54, 1.807) is 27.7 Å². The average molecular weight is 259 g/mol. The second-order valence-electron chi connectivity index (χ2n) is 4.94. The van der Waals surface area contributed by atoms with Crippen LogP contribution in [0.1, 0.15) is 41.5 Å². The molecule has 0 radical (unpaired) electrons. The van der Waals surface area contributed by atoms with E-state index < -0.39 is 17.6 Å². The van der Waals surface area contributed by atoms with Crippen LogP contribution in [0.25, 0.3) is 0 Å². The van der Waals surface area contributed by atoms with Crippen molar-refractivity contribution in [2.45, 2.75) is 47.8 Å². The summed E-state index contributed by atoms with van der Waals surface area (Å²) in [6.45, 7) is 11.7. The van der Waals surface area contributed by atoms with Crippen molar-refractivity contribution in [1.82, 2.24) is 5.32 Å². The van der Waals surface area contributed by atoms with Crippen molar-refractivity contribution in [2.24, 2.45) is 11.3 Å². The van der Waals surface area contributed by atoms with Gasteiger partial charge in [-0.1, -0.05) is 27.7 Å². The first kappa shape index (κ1) is 17.1. The lowest BCUT2D eigenvalue weighted by atomic mass is 9.80. The molecule has 0 heterocycles. The van der Waals surface area contributed by atoms with Crippen LogP contribution < -0.4 is 5.32 Å². The number of nitrogens with one attached hydrogen (secondary N) is 1. The molecule has 0 saturated carbocycles. The Balaban J connectivity index is 4.58. The zero-order valence-corrected chi connectivity index (χ0v) is 12.2. The summed E-state index contributed by atoms with van der Waals surface area (Å²) in [5.41, 5.74) is -0.612. The number of carbonyl (C=O) groups excluding carboxylic acids is 2. The minimum absolute atomic E-state index is 0.128. The first-order valence-corrected chi connectivity index (χ1v) is 6.35. The maximum Gasteiger partial charge on any atom is 0.283 e. The van der Waals surface area contributed by atoms with Crippen molar-refractivity contribution in [1.29, 1.82) is 0 Å². The van der Waals surface area contributed by atoms with Crippen LogP contribution in [0.15, 0.2) is 0 Å². The van der Waals surface area contributed by atoms with Gasteiger partial charge >= 0.3 is 0 Å². The predicted molar refractivity (Wildman–Crippen MR) is 68.8 cm³/mol. The lowest BCUT2D eigenvalue weighted by Gasteiger charge is -2.28. The van der Waals surface area contributed by atoms with E-state index in [9.17, 15) is 9.59 Å². The molecule has 0 rings (SSSR count). The summed E-state index contributed by atoms with van der Waals surface area (Å²) in [5, 5.41) is 2.34. The summed E-state index contributed by atoms with van der Waals surface area (Å²) in [6, 6.07) is 0. The molecule has 5 nitrogen and oxygen atoms in total. The quantitative estimate of drug-likeness (QED) is 0.707. The first-order valence-electron chi connectivity index (χ1n) is 6.35. The van der Waals surface area contributed by atoms with E-state index in [1.165, 1.54) is 0 Å². The van der Waals surface area contributed by atoms with Crippen LogP contribution in [0.3, 0.4) is 0 Å². The van der Waals surface area contributed by atoms with Crippen molar-refractivity contribution in [2.75, 3.05) is 13.2 Å². The zero-order chi connectivity index (χ0) is 14.3. The van der Waals surface area contributed by atoms with Crippen LogP contribution in [0.2, 0.25) is 0 Å². The third-order valence-electron chi connectivity index (χ3n) is 3.12. The van der Waals surface area contributed by atoms with Crippen LogP contribution in [0.5, 0.6) is 0 Å². The van der Waals surface area contributed by atoms with Gasteiger partial charge in [0, 0.05) is 18.6 Å². The third kappa shape index (κ3) is 4.74. The van der Waals surface area contributed by atoms with Gasteiger partial charge in [0.05, 0.1) is 0 Å². The molecule has 0 aromatic rings. The Labute approximate surface area is 109 Å². The number of imide groups is 1. The Bertz CT molecular complexity index is 281. The monoisotopic (exact) mass is 259 g/mol. The standard InChI is InChI=1S/C13H25NO4/c1-7-17-11(18-8-2)10(15)14-12(16)13(5,6)9(3)4/h9,11H,7-8H2,1-6H3,(H,14,15,16). The number of amides is 2. The number of ether oxygens (including phenoxy) is 2. The highest BCUT2D eigenvalue weighted by molar-refractivity contribution is 5.99. The fourth-order valence-corrected chi connectivity index (χ4v) is 1.10. The van der Waals surface area contributed by atoms with Gasteiger partial charge in [0.15, 0.2) is 0 Å². The summed E-state index contributed by atoms with van der Waals surface area (Å²) in [6.07, 6.45) is -1.02. The van der Waals surface area contributed by atoms with Crippen LogP contribution in [-0.2, 0) is 19.1 Å². The predicted octanol–water partition coefficient (Wildman–Crippen LogP) is 1.71. The second kappa shape index (κ2) is 7.48. The van der Waals surface area contributed by atoms with E-state index in [0.717, 1.165) is 0 Å². The van der Waals surface area contributed by atoms with Crippen LogP contribution in [0, 0.1) is 11.3 Å². The summed E-state index contributed by atoms with van der Waals surface area (Å²) < 4.78 is 10.3. The molecule has 0 atom stereocenters.